The van der Waals surface area contributed by atoms with Crippen LogP contribution in [0, 0.1) is 0 Å². The molecule has 0 rings (SSSR count). The molecule has 20 heavy (non-hydrogen) atoms. The molecule has 0 atom stereocenters. The van der Waals surface area contributed by atoms with Crippen molar-refractivity contribution >= 4 is 19.7 Å². The van der Waals surface area contributed by atoms with E-state index in [1.165, 1.54) is 27.7 Å². The summed E-state index contributed by atoms with van der Waals surface area (Å²) in [5.74, 6) is -2.05. The minimum Gasteiger partial charge on any atom is -0.228 e. The molecule has 0 amide bonds. The van der Waals surface area contributed by atoms with Crippen molar-refractivity contribution < 1.29 is 34.4 Å². The first-order valence-electron chi connectivity index (χ1n) is 5.71. The fourth-order valence-electron chi connectivity index (χ4n) is 0.736. The number of sulfone groups is 2. The lowest BCUT2D eigenvalue weighted by Crippen LogP contribution is -2.22. The minimum atomic E-state index is -3.55. The average molecular weight is 344 g/mol. The maximum absolute atomic E-state index is 11.5. The Labute approximate surface area is 117 Å². The summed E-state index contributed by atoms with van der Waals surface area (Å²) < 4.78 is 88.7. The normalized spacial score (nSPS) is 13.0. The molecule has 0 N–H and O–H groups in total. The summed E-state index contributed by atoms with van der Waals surface area (Å²) in [7, 11) is -7.09. The summed E-state index contributed by atoms with van der Waals surface area (Å²) in [6.45, 7) is 5.55. The molecule has 0 aliphatic carbocycles. The lowest BCUT2D eigenvalue weighted by molar-refractivity contribution is 0.173. The number of alkyl halides is 4. The van der Waals surface area contributed by atoms with Gasteiger partial charge in [-0.1, -0.05) is 0 Å². The number of hydrogen-bond donors (Lipinski definition) is 0. The van der Waals surface area contributed by atoms with Gasteiger partial charge in [-0.15, -0.1) is 0 Å². The summed E-state index contributed by atoms with van der Waals surface area (Å²) >= 11 is 0. The second-order valence-electron chi connectivity index (χ2n) is 4.54. The van der Waals surface area contributed by atoms with Gasteiger partial charge in [-0.05, 0) is 27.7 Å². The van der Waals surface area contributed by atoms with Gasteiger partial charge in [0.2, 0.25) is 0 Å². The fourth-order valence-corrected chi connectivity index (χ4v) is 2.21. The molecule has 0 saturated heterocycles. The molecule has 0 aromatic rings. The fraction of sp³-hybridized carbons (Fsp3) is 1.00. The van der Waals surface area contributed by atoms with Crippen LogP contribution in [0.15, 0.2) is 0 Å². The van der Waals surface area contributed by atoms with Crippen molar-refractivity contribution in [1.29, 1.82) is 0 Å². The van der Waals surface area contributed by atoms with Crippen LogP contribution in [-0.2, 0) is 19.7 Å². The molecule has 124 valence electrons. The molecule has 0 fully saturated rings. The predicted molar refractivity (Wildman–Crippen MR) is 69.9 cm³/mol. The Morgan fingerprint density at radius 3 is 0.900 bits per heavy atom. The molecule has 0 radical (unpaired) electrons. The third-order valence-corrected chi connectivity index (χ3v) is 6.46. The van der Waals surface area contributed by atoms with E-state index in [1.54, 1.807) is 0 Å². The summed E-state index contributed by atoms with van der Waals surface area (Å²) in [6.07, 6.45) is -5.51. The van der Waals surface area contributed by atoms with Gasteiger partial charge in [-0.3, -0.25) is 0 Å². The van der Waals surface area contributed by atoms with Crippen LogP contribution < -0.4 is 0 Å². The van der Waals surface area contributed by atoms with Crippen LogP contribution in [0.3, 0.4) is 0 Å². The van der Waals surface area contributed by atoms with Gasteiger partial charge in [0, 0.05) is 0 Å². The van der Waals surface area contributed by atoms with Gasteiger partial charge in [0.25, 0.3) is 12.9 Å². The zero-order chi connectivity index (χ0) is 16.7. The standard InChI is InChI=1S/2C5H10F2O2S/c2*1-4(2)10(8,9)3-5(6)7/h2*4-5H,3H2,1-2H3. The Hall–Kier alpha value is -0.380. The molecule has 10 heteroatoms. The highest BCUT2D eigenvalue weighted by Gasteiger charge is 2.21. The lowest BCUT2D eigenvalue weighted by Gasteiger charge is -2.05. The van der Waals surface area contributed by atoms with Crippen molar-refractivity contribution in [2.24, 2.45) is 0 Å². The van der Waals surface area contributed by atoms with E-state index in [4.69, 9.17) is 0 Å². The zero-order valence-electron chi connectivity index (χ0n) is 11.7. The number of rotatable bonds is 6. The van der Waals surface area contributed by atoms with Crippen molar-refractivity contribution in [3.05, 3.63) is 0 Å². The smallest absolute Gasteiger partial charge is 0.228 e. The third kappa shape index (κ3) is 10.4. The summed E-state index contributed by atoms with van der Waals surface area (Å²) in [5, 5.41) is -1.41. The van der Waals surface area contributed by atoms with Gasteiger partial charge < -0.3 is 0 Å². The van der Waals surface area contributed by atoms with Crippen LogP contribution in [0.25, 0.3) is 0 Å². The van der Waals surface area contributed by atoms with Gasteiger partial charge in [-0.25, -0.2) is 34.4 Å². The van der Waals surface area contributed by atoms with Crippen molar-refractivity contribution in [3.63, 3.8) is 0 Å². The molecule has 0 unspecified atom stereocenters. The molecular formula is C10H20F4O4S2. The maximum atomic E-state index is 11.5. The number of hydrogen-bond acceptors (Lipinski definition) is 4. The topological polar surface area (TPSA) is 68.3 Å². The van der Waals surface area contributed by atoms with Gasteiger partial charge >= 0.3 is 0 Å². The average Bonchev–Trinajstić information content (AvgIpc) is 2.13. The van der Waals surface area contributed by atoms with Crippen LogP contribution in [0.5, 0.6) is 0 Å². The molecule has 0 bridgehead atoms. The van der Waals surface area contributed by atoms with Gasteiger partial charge in [0.05, 0.1) is 10.5 Å². The molecule has 0 saturated carbocycles. The minimum absolute atomic E-state index is 0.707. The van der Waals surface area contributed by atoms with E-state index in [0.717, 1.165) is 0 Å². The molecule has 0 aromatic heterocycles. The first kappa shape index (κ1) is 21.9. The molecule has 4 nitrogen and oxygen atoms in total. The van der Waals surface area contributed by atoms with Gasteiger partial charge in [0.1, 0.15) is 11.5 Å². The Morgan fingerprint density at radius 1 is 0.650 bits per heavy atom. The molecule has 0 aromatic carbocycles. The van der Waals surface area contributed by atoms with Crippen molar-refractivity contribution in [2.75, 3.05) is 11.5 Å². The van der Waals surface area contributed by atoms with E-state index < -0.39 is 54.5 Å². The van der Waals surface area contributed by atoms with Crippen molar-refractivity contribution in [3.8, 4) is 0 Å². The largest absolute Gasteiger partial charge is 0.252 e. The molecule has 0 spiro atoms. The van der Waals surface area contributed by atoms with E-state index in [1.807, 2.05) is 0 Å². The van der Waals surface area contributed by atoms with Crippen LogP contribution in [0.4, 0.5) is 17.6 Å². The van der Waals surface area contributed by atoms with Crippen LogP contribution in [0.1, 0.15) is 27.7 Å². The molecule has 0 heterocycles. The second-order valence-corrected chi connectivity index (χ2v) is 9.74. The zero-order valence-corrected chi connectivity index (χ0v) is 13.3. The monoisotopic (exact) mass is 344 g/mol. The van der Waals surface area contributed by atoms with Crippen LogP contribution in [-0.4, -0.2) is 51.7 Å². The lowest BCUT2D eigenvalue weighted by atomic mass is 10.6. The highest BCUT2D eigenvalue weighted by atomic mass is 32.2. The van der Waals surface area contributed by atoms with Gasteiger partial charge in [0.15, 0.2) is 19.7 Å². The van der Waals surface area contributed by atoms with Crippen molar-refractivity contribution in [2.45, 2.75) is 51.0 Å². The summed E-state index contributed by atoms with van der Waals surface area (Å²) in [6, 6.07) is 0. The summed E-state index contributed by atoms with van der Waals surface area (Å²) in [4.78, 5) is 0. The van der Waals surface area contributed by atoms with E-state index in [9.17, 15) is 34.4 Å². The summed E-state index contributed by atoms with van der Waals surface area (Å²) in [5.41, 5.74) is 0. The Bertz CT molecular complexity index is 412. The first-order chi connectivity index (χ1) is 8.72. The molecule has 0 aliphatic rings. The molecule has 0 aliphatic heterocycles. The maximum Gasteiger partial charge on any atom is 0.252 e. The third-order valence-electron chi connectivity index (χ3n) is 2.15. The Kier molecular flexibility index (Phi) is 9.65. The predicted octanol–water partition coefficient (Wildman–Crippen LogP) is 2.15. The molecular weight excluding hydrogens is 324 g/mol. The Balaban J connectivity index is 0. The highest BCUT2D eigenvalue weighted by molar-refractivity contribution is 7.92. The quantitative estimate of drug-likeness (QED) is 0.693. The van der Waals surface area contributed by atoms with E-state index in [0.29, 0.717) is 0 Å². The highest BCUT2D eigenvalue weighted by Crippen LogP contribution is 2.06. The van der Waals surface area contributed by atoms with E-state index >= 15 is 0 Å². The van der Waals surface area contributed by atoms with Crippen LogP contribution in [0.2, 0.25) is 0 Å². The first-order valence-corrected chi connectivity index (χ1v) is 9.15. The van der Waals surface area contributed by atoms with E-state index in [2.05, 4.69) is 0 Å². The van der Waals surface area contributed by atoms with Crippen molar-refractivity contribution in [1.82, 2.24) is 0 Å². The van der Waals surface area contributed by atoms with Gasteiger partial charge in [-0.2, -0.15) is 0 Å². The SMILES string of the molecule is CC(C)S(=O)(=O)CC(F)F.CC(C)S(=O)(=O)CC(F)F. The Morgan fingerprint density at radius 2 is 0.850 bits per heavy atom. The van der Waals surface area contributed by atoms with E-state index in [-0.39, 0.29) is 0 Å². The number of halogens is 4. The second kappa shape index (κ2) is 8.81. The van der Waals surface area contributed by atoms with Crippen LogP contribution >= 0.6 is 0 Å².